The van der Waals surface area contributed by atoms with Crippen molar-refractivity contribution >= 4 is 73.2 Å². The van der Waals surface area contributed by atoms with Crippen LogP contribution in [0.3, 0.4) is 0 Å². The summed E-state index contributed by atoms with van der Waals surface area (Å²) >= 11 is 0. The van der Waals surface area contributed by atoms with Crippen molar-refractivity contribution in [3.63, 3.8) is 0 Å². The molecule has 16 heteroatoms. The van der Waals surface area contributed by atoms with Gasteiger partial charge in [-0.15, -0.1) is 0 Å². The van der Waals surface area contributed by atoms with Crippen molar-refractivity contribution in [2.24, 2.45) is 0 Å². The predicted molar refractivity (Wildman–Crippen MR) is 266 cm³/mol. The molecule has 68 heavy (non-hydrogen) atoms. The number of amides is 4. The Morgan fingerprint density at radius 3 is 1.40 bits per heavy atom. The van der Waals surface area contributed by atoms with E-state index in [0.717, 1.165) is 94.0 Å². The van der Waals surface area contributed by atoms with Crippen LogP contribution in [0.2, 0.25) is 0 Å². The quantitative estimate of drug-likeness (QED) is 0.0591. The number of nitrogens with zero attached hydrogens (tertiary/aromatic N) is 5. The zero-order chi connectivity index (χ0) is 47.5. The Morgan fingerprint density at radius 1 is 0.559 bits per heavy atom. The summed E-state index contributed by atoms with van der Waals surface area (Å²) < 4.78 is 5.22. The Hall–Kier alpha value is -6.59. The van der Waals surface area contributed by atoms with Gasteiger partial charge < -0.3 is 41.1 Å². The molecule has 1 saturated heterocycles. The number of carbonyl (C=O) groups excluding carboxylic acids is 5. The maximum Gasteiger partial charge on any atom is 0.325 e. The van der Waals surface area contributed by atoms with Crippen molar-refractivity contribution in [3.05, 3.63) is 108 Å². The van der Waals surface area contributed by atoms with Gasteiger partial charge in [-0.1, -0.05) is 72.8 Å². The van der Waals surface area contributed by atoms with E-state index in [1.54, 1.807) is 6.92 Å². The highest BCUT2D eigenvalue weighted by Gasteiger charge is 2.22. The molecule has 0 aliphatic carbocycles. The topological polar surface area (TPSA) is 190 Å². The lowest BCUT2D eigenvalue weighted by atomic mass is 9.98. The molecule has 6 aromatic rings. The van der Waals surface area contributed by atoms with E-state index in [1.807, 2.05) is 97.1 Å². The number of aryl methyl sites for hydroxylation is 2. The molecule has 4 aromatic carbocycles. The maximum atomic E-state index is 14.2. The molecule has 0 atom stereocenters. The number of fused-ring (bicyclic) bond motifs is 4. The Kier molecular flexibility index (Phi) is 18.5. The van der Waals surface area contributed by atoms with Gasteiger partial charge in [-0.3, -0.25) is 28.9 Å². The lowest BCUT2D eigenvalue weighted by Crippen LogP contribution is -2.48. The van der Waals surface area contributed by atoms with E-state index in [9.17, 15) is 24.0 Å². The monoisotopic (exact) mass is 925 g/mol. The molecule has 0 spiro atoms. The summed E-state index contributed by atoms with van der Waals surface area (Å²) in [6.07, 6.45) is 1.06. The number of pyridine rings is 2. The van der Waals surface area contributed by atoms with E-state index in [4.69, 9.17) is 14.7 Å². The van der Waals surface area contributed by atoms with Crippen LogP contribution in [-0.2, 0) is 41.6 Å². The first kappa shape index (κ1) is 49.3. The van der Waals surface area contributed by atoms with Gasteiger partial charge in [0.15, 0.2) is 0 Å². The summed E-state index contributed by atoms with van der Waals surface area (Å²) in [6.45, 7) is 8.25. The molecule has 7 rings (SSSR count). The number of aromatic nitrogens is 2. The standard InChI is InChI=1S/C52H64N10O6/c1-2-68-52(67)37-62(51(66)22-20-39-42-13-5-9-17-46(42)59-47-18-10-6-14-43(39)47)34-30-57-49(64)36-61(33-29-56-48(63)35-60-31-27-54-25-23-53-24-26-55-28-32-60)50(65)21-19-38-40-11-3-7-15-44(40)58-45-16-8-4-12-41(38)45/h3-18,53-55H,2,19-37H2,1H3,(H,56,63)(H,57,64). The molecule has 1 aliphatic heterocycles. The summed E-state index contributed by atoms with van der Waals surface area (Å²) in [6, 6.07) is 31.4. The Labute approximate surface area is 397 Å². The molecule has 0 radical (unpaired) electrons. The third-order valence-corrected chi connectivity index (χ3v) is 12.2. The van der Waals surface area contributed by atoms with E-state index in [2.05, 4.69) is 31.5 Å². The molecule has 358 valence electrons. The molecule has 2 aromatic heterocycles. The first-order valence-electron chi connectivity index (χ1n) is 23.9. The minimum atomic E-state index is -0.547. The number of nitrogens with one attached hydrogen (secondary N) is 5. The SMILES string of the molecule is CCOC(=O)CN(CCNC(=O)CN(CCNC(=O)CN1CCNCCNCCNCC1)C(=O)CCc1c2ccccc2nc2ccccc12)C(=O)CCc1c2ccccc2nc2ccccc12. The van der Waals surface area contributed by atoms with Gasteiger partial charge in [-0.05, 0) is 55.2 Å². The Bertz CT molecular complexity index is 2560. The number of esters is 1. The molecule has 0 unspecified atom stereocenters. The van der Waals surface area contributed by atoms with E-state index in [-0.39, 0.29) is 83.0 Å². The second-order valence-electron chi connectivity index (χ2n) is 16.9. The second-order valence-corrected chi connectivity index (χ2v) is 16.9. The summed E-state index contributed by atoms with van der Waals surface area (Å²) in [7, 11) is 0. The van der Waals surface area contributed by atoms with Crippen LogP contribution in [0, 0.1) is 0 Å². The maximum absolute atomic E-state index is 14.2. The highest BCUT2D eigenvalue weighted by atomic mass is 16.5. The third-order valence-electron chi connectivity index (χ3n) is 12.2. The summed E-state index contributed by atoms with van der Waals surface area (Å²) in [4.78, 5) is 82.5. The van der Waals surface area contributed by atoms with Crippen molar-refractivity contribution in [2.45, 2.75) is 32.6 Å². The number of rotatable bonds is 19. The average molecular weight is 925 g/mol. The summed E-state index contributed by atoms with van der Waals surface area (Å²) in [5.41, 5.74) is 5.34. The van der Waals surface area contributed by atoms with Gasteiger partial charge in [-0.2, -0.15) is 0 Å². The molecule has 1 aliphatic rings. The van der Waals surface area contributed by atoms with Gasteiger partial charge in [0.25, 0.3) is 0 Å². The lowest BCUT2D eigenvalue weighted by Gasteiger charge is -2.25. The predicted octanol–water partition coefficient (Wildman–Crippen LogP) is 3.19. The number of benzene rings is 4. The summed E-state index contributed by atoms with van der Waals surface area (Å²) in [5, 5.41) is 19.9. The number of carbonyl (C=O) groups is 5. The third kappa shape index (κ3) is 14.0. The minimum absolute atomic E-state index is 0.0366. The number of hydrogen-bond acceptors (Lipinski definition) is 12. The van der Waals surface area contributed by atoms with Crippen LogP contribution in [0.15, 0.2) is 97.1 Å². The van der Waals surface area contributed by atoms with Gasteiger partial charge in [-0.25, -0.2) is 9.97 Å². The fourth-order valence-electron chi connectivity index (χ4n) is 8.74. The van der Waals surface area contributed by atoms with Gasteiger partial charge in [0.2, 0.25) is 23.6 Å². The van der Waals surface area contributed by atoms with Gasteiger partial charge in [0.05, 0.1) is 41.8 Å². The first-order valence-corrected chi connectivity index (χ1v) is 23.9. The van der Waals surface area contributed by atoms with E-state index in [0.29, 0.717) is 25.9 Å². The van der Waals surface area contributed by atoms with Crippen molar-refractivity contribution in [3.8, 4) is 0 Å². The average Bonchev–Trinajstić information content (AvgIpc) is 3.34. The molecule has 4 amide bonds. The number of hydrogen-bond donors (Lipinski definition) is 5. The lowest BCUT2D eigenvalue weighted by molar-refractivity contribution is -0.149. The van der Waals surface area contributed by atoms with Crippen LogP contribution in [0.5, 0.6) is 0 Å². The van der Waals surface area contributed by atoms with Crippen LogP contribution in [0.25, 0.3) is 43.6 Å². The van der Waals surface area contributed by atoms with Crippen LogP contribution in [0.1, 0.15) is 30.9 Å². The largest absolute Gasteiger partial charge is 0.465 e. The zero-order valence-electron chi connectivity index (χ0n) is 39.1. The normalized spacial score (nSPS) is 14.0. The Morgan fingerprint density at radius 2 is 0.956 bits per heavy atom. The molecule has 0 saturated carbocycles. The number of para-hydroxylation sites is 4. The zero-order valence-corrected chi connectivity index (χ0v) is 39.1. The highest BCUT2D eigenvalue weighted by Crippen LogP contribution is 2.28. The molecule has 16 nitrogen and oxygen atoms in total. The minimum Gasteiger partial charge on any atom is -0.465 e. The Balaban J connectivity index is 1.000. The van der Waals surface area contributed by atoms with E-state index >= 15 is 0 Å². The molecule has 0 bridgehead atoms. The van der Waals surface area contributed by atoms with Gasteiger partial charge in [0, 0.05) is 113 Å². The molecular weight excluding hydrogens is 861 g/mol. The fraction of sp³-hybridized carbons (Fsp3) is 0.404. The van der Waals surface area contributed by atoms with Crippen molar-refractivity contribution < 1.29 is 28.7 Å². The van der Waals surface area contributed by atoms with Gasteiger partial charge >= 0.3 is 5.97 Å². The second kappa shape index (κ2) is 25.5. The molecule has 5 N–H and O–H groups in total. The van der Waals surface area contributed by atoms with Crippen molar-refractivity contribution in [2.75, 3.05) is 105 Å². The van der Waals surface area contributed by atoms with Crippen LogP contribution in [-0.4, -0.2) is 159 Å². The molecular formula is C52H64N10O6. The first-order chi connectivity index (χ1) is 33.3. The van der Waals surface area contributed by atoms with Crippen LogP contribution >= 0.6 is 0 Å². The van der Waals surface area contributed by atoms with Crippen LogP contribution < -0.4 is 26.6 Å². The number of ether oxygens (including phenoxy) is 1. The molecule has 3 heterocycles. The van der Waals surface area contributed by atoms with Gasteiger partial charge in [0.1, 0.15) is 6.54 Å². The van der Waals surface area contributed by atoms with Crippen LogP contribution in [0.4, 0.5) is 0 Å². The van der Waals surface area contributed by atoms with Crippen molar-refractivity contribution in [1.82, 2.24) is 51.3 Å². The highest BCUT2D eigenvalue weighted by molar-refractivity contribution is 5.99. The van der Waals surface area contributed by atoms with E-state index in [1.165, 1.54) is 9.80 Å². The van der Waals surface area contributed by atoms with E-state index < -0.39 is 11.9 Å². The smallest absolute Gasteiger partial charge is 0.325 e. The fourth-order valence-corrected chi connectivity index (χ4v) is 8.74. The summed E-state index contributed by atoms with van der Waals surface area (Å²) in [5.74, 6) is -1.66. The molecule has 1 fully saturated rings. The van der Waals surface area contributed by atoms with Crippen molar-refractivity contribution in [1.29, 1.82) is 0 Å².